The first-order chi connectivity index (χ1) is 13.4. The van der Waals surface area contributed by atoms with E-state index in [0.717, 1.165) is 12.0 Å². The van der Waals surface area contributed by atoms with E-state index in [4.69, 9.17) is 16.3 Å². The molecule has 5 nitrogen and oxygen atoms in total. The third-order valence-electron chi connectivity index (χ3n) is 4.93. The van der Waals surface area contributed by atoms with E-state index in [1.807, 2.05) is 36.4 Å². The van der Waals surface area contributed by atoms with E-state index < -0.39 is 9.84 Å². The Morgan fingerprint density at radius 2 is 1.75 bits per heavy atom. The van der Waals surface area contributed by atoms with Crippen molar-refractivity contribution in [2.45, 2.75) is 32.4 Å². The summed E-state index contributed by atoms with van der Waals surface area (Å²) in [6, 6.07) is 14.5. The van der Waals surface area contributed by atoms with Gasteiger partial charge in [-0.25, -0.2) is 8.42 Å². The molecule has 0 bridgehead atoms. The molecule has 0 aromatic heterocycles. The van der Waals surface area contributed by atoms with Gasteiger partial charge in [-0.3, -0.25) is 4.79 Å². The molecule has 0 spiro atoms. The monoisotopic (exact) mass is 421 g/mol. The minimum Gasteiger partial charge on any atom is -0.484 e. The topological polar surface area (TPSA) is 63.7 Å². The summed E-state index contributed by atoms with van der Waals surface area (Å²) in [4.78, 5) is 14.5. The molecule has 0 unspecified atom stereocenters. The molecule has 1 fully saturated rings. The largest absolute Gasteiger partial charge is 0.484 e. The van der Waals surface area contributed by atoms with Crippen molar-refractivity contribution < 1.29 is 17.9 Å². The number of rotatable bonds is 7. The summed E-state index contributed by atoms with van der Waals surface area (Å²) < 4.78 is 29.5. The van der Waals surface area contributed by atoms with E-state index in [1.54, 1.807) is 17.0 Å². The Morgan fingerprint density at radius 1 is 1.11 bits per heavy atom. The van der Waals surface area contributed by atoms with E-state index in [2.05, 4.69) is 6.92 Å². The number of amides is 1. The van der Waals surface area contributed by atoms with E-state index in [9.17, 15) is 13.2 Å². The van der Waals surface area contributed by atoms with Crippen molar-refractivity contribution in [3.63, 3.8) is 0 Å². The third kappa shape index (κ3) is 5.49. The standard InChI is InChI=1S/C21H24ClNO4S/c1-2-16-5-9-20(10-6-16)27-14-21(24)23(19-11-12-28(25,26)15-19)13-17-3-7-18(22)8-4-17/h3-10,19H,2,11-15H2,1H3/t19-/m0/s1. The molecule has 2 aromatic rings. The van der Waals surface area contributed by atoms with E-state index in [0.29, 0.717) is 23.7 Å². The van der Waals surface area contributed by atoms with Gasteiger partial charge in [-0.1, -0.05) is 42.8 Å². The first-order valence-electron chi connectivity index (χ1n) is 9.32. The second kappa shape index (κ2) is 8.97. The molecule has 1 heterocycles. The number of benzene rings is 2. The summed E-state index contributed by atoms with van der Waals surface area (Å²) in [5, 5.41) is 0.615. The summed E-state index contributed by atoms with van der Waals surface area (Å²) in [6.07, 6.45) is 1.39. The van der Waals surface area contributed by atoms with Gasteiger partial charge >= 0.3 is 0 Å². The minimum absolute atomic E-state index is 0.00245. The predicted octanol–water partition coefficient (Wildman–Crippen LogP) is 3.50. The summed E-state index contributed by atoms with van der Waals surface area (Å²) in [7, 11) is -3.10. The highest BCUT2D eigenvalue weighted by atomic mass is 35.5. The van der Waals surface area contributed by atoms with Crippen LogP contribution in [0.2, 0.25) is 5.02 Å². The molecule has 150 valence electrons. The van der Waals surface area contributed by atoms with Gasteiger partial charge in [0, 0.05) is 17.6 Å². The Bertz CT molecular complexity index is 910. The highest BCUT2D eigenvalue weighted by Crippen LogP contribution is 2.22. The fraction of sp³-hybridized carbons (Fsp3) is 0.381. The van der Waals surface area contributed by atoms with Crippen molar-refractivity contribution in [1.82, 2.24) is 4.90 Å². The maximum Gasteiger partial charge on any atom is 0.261 e. The summed E-state index contributed by atoms with van der Waals surface area (Å²) in [5.74, 6) is 0.506. The van der Waals surface area contributed by atoms with Crippen LogP contribution in [-0.4, -0.2) is 43.4 Å². The van der Waals surface area contributed by atoms with Crippen LogP contribution in [0.25, 0.3) is 0 Å². The second-order valence-corrected chi connectivity index (χ2v) is 9.66. The normalized spacial score (nSPS) is 18.0. The predicted molar refractivity (Wildman–Crippen MR) is 110 cm³/mol. The minimum atomic E-state index is -3.10. The molecule has 1 atom stereocenters. The van der Waals surface area contributed by atoms with Crippen LogP contribution in [0.4, 0.5) is 0 Å². The lowest BCUT2D eigenvalue weighted by Crippen LogP contribution is -2.43. The molecule has 0 radical (unpaired) electrons. The Balaban J connectivity index is 1.71. The molecule has 7 heteroatoms. The zero-order valence-corrected chi connectivity index (χ0v) is 17.4. The van der Waals surface area contributed by atoms with Crippen LogP contribution in [0.15, 0.2) is 48.5 Å². The lowest BCUT2D eigenvalue weighted by atomic mass is 10.1. The zero-order chi connectivity index (χ0) is 20.1. The van der Waals surface area contributed by atoms with Crippen LogP contribution < -0.4 is 4.74 Å². The molecular formula is C21H24ClNO4S. The van der Waals surface area contributed by atoms with Gasteiger partial charge in [-0.2, -0.15) is 0 Å². The van der Waals surface area contributed by atoms with Gasteiger partial charge in [0.15, 0.2) is 16.4 Å². The van der Waals surface area contributed by atoms with Gasteiger partial charge in [0.1, 0.15) is 5.75 Å². The first kappa shape index (κ1) is 20.7. The Kier molecular flexibility index (Phi) is 6.62. The van der Waals surface area contributed by atoms with Crippen LogP contribution in [0, 0.1) is 0 Å². The smallest absolute Gasteiger partial charge is 0.261 e. The van der Waals surface area contributed by atoms with Crippen molar-refractivity contribution in [1.29, 1.82) is 0 Å². The quantitative estimate of drug-likeness (QED) is 0.686. The average molecular weight is 422 g/mol. The average Bonchev–Trinajstić information content (AvgIpc) is 3.05. The van der Waals surface area contributed by atoms with E-state index in [-0.39, 0.29) is 30.1 Å². The number of ether oxygens (including phenoxy) is 1. The van der Waals surface area contributed by atoms with Crippen molar-refractivity contribution in [2.75, 3.05) is 18.1 Å². The number of halogens is 1. The number of aryl methyl sites for hydroxylation is 1. The molecule has 28 heavy (non-hydrogen) atoms. The SMILES string of the molecule is CCc1ccc(OCC(=O)N(Cc2ccc(Cl)cc2)[C@H]2CCS(=O)(=O)C2)cc1. The van der Waals surface area contributed by atoms with Crippen LogP contribution in [0.3, 0.4) is 0 Å². The van der Waals surface area contributed by atoms with Gasteiger partial charge in [-0.05, 0) is 48.2 Å². The van der Waals surface area contributed by atoms with E-state index in [1.165, 1.54) is 5.56 Å². The van der Waals surface area contributed by atoms with Crippen LogP contribution in [0.1, 0.15) is 24.5 Å². The van der Waals surface area contributed by atoms with Gasteiger partial charge in [-0.15, -0.1) is 0 Å². The van der Waals surface area contributed by atoms with Crippen LogP contribution in [0.5, 0.6) is 5.75 Å². The van der Waals surface area contributed by atoms with Crippen molar-refractivity contribution in [3.05, 3.63) is 64.7 Å². The van der Waals surface area contributed by atoms with Crippen molar-refractivity contribution in [2.24, 2.45) is 0 Å². The molecule has 1 aliphatic rings. The van der Waals surface area contributed by atoms with Gasteiger partial charge < -0.3 is 9.64 Å². The lowest BCUT2D eigenvalue weighted by molar-refractivity contribution is -0.136. The second-order valence-electron chi connectivity index (χ2n) is 6.99. The van der Waals surface area contributed by atoms with Gasteiger partial charge in [0.2, 0.25) is 0 Å². The molecule has 1 amide bonds. The fourth-order valence-electron chi connectivity index (χ4n) is 3.28. The molecule has 0 N–H and O–H groups in total. The fourth-order valence-corrected chi connectivity index (χ4v) is 5.13. The third-order valence-corrected chi connectivity index (χ3v) is 6.93. The zero-order valence-electron chi connectivity index (χ0n) is 15.8. The number of sulfone groups is 1. The Morgan fingerprint density at radius 3 is 2.32 bits per heavy atom. The van der Waals surface area contributed by atoms with Crippen molar-refractivity contribution in [3.8, 4) is 5.75 Å². The number of nitrogens with zero attached hydrogens (tertiary/aromatic N) is 1. The number of hydrogen-bond acceptors (Lipinski definition) is 4. The molecule has 3 rings (SSSR count). The maximum atomic E-state index is 12.9. The van der Waals surface area contributed by atoms with Gasteiger partial charge in [0.05, 0.1) is 11.5 Å². The van der Waals surface area contributed by atoms with Crippen molar-refractivity contribution >= 4 is 27.3 Å². The molecule has 0 saturated carbocycles. The van der Waals surface area contributed by atoms with Crippen LogP contribution in [-0.2, 0) is 27.6 Å². The first-order valence-corrected chi connectivity index (χ1v) is 11.5. The highest BCUT2D eigenvalue weighted by molar-refractivity contribution is 7.91. The molecule has 1 aliphatic heterocycles. The number of carbonyl (C=O) groups is 1. The Hall–Kier alpha value is -2.05. The molecule has 2 aromatic carbocycles. The molecule has 1 saturated heterocycles. The molecule has 0 aliphatic carbocycles. The summed E-state index contributed by atoms with van der Waals surface area (Å²) in [5.41, 5.74) is 2.09. The summed E-state index contributed by atoms with van der Waals surface area (Å²) >= 11 is 5.93. The number of carbonyl (C=O) groups excluding carboxylic acids is 1. The highest BCUT2D eigenvalue weighted by Gasteiger charge is 2.34. The maximum absolute atomic E-state index is 12.9. The lowest BCUT2D eigenvalue weighted by Gasteiger charge is -2.28. The number of hydrogen-bond donors (Lipinski definition) is 0. The van der Waals surface area contributed by atoms with E-state index >= 15 is 0 Å². The van der Waals surface area contributed by atoms with Gasteiger partial charge in [0.25, 0.3) is 5.91 Å². The Labute approximate surface area is 171 Å². The molecular weight excluding hydrogens is 398 g/mol. The van der Waals surface area contributed by atoms with Crippen LogP contribution >= 0.6 is 11.6 Å². The summed E-state index contributed by atoms with van der Waals surface area (Å²) in [6.45, 7) is 2.27.